The molecule has 0 amide bonds. The van der Waals surface area contributed by atoms with Crippen molar-refractivity contribution in [2.24, 2.45) is 4.99 Å². The number of aliphatic imine (C=N–C) groups is 1. The van der Waals surface area contributed by atoms with Crippen LogP contribution in [0.25, 0.3) is 0 Å². The Labute approximate surface area is 174 Å². The Morgan fingerprint density at radius 3 is 2.69 bits per heavy atom. The van der Waals surface area contributed by atoms with E-state index in [0.717, 1.165) is 55.4 Å². The summed E-state index contributed by atoms with van der Waals surface area (Å²) in [4.78, 5) is 8.75. The van der Waals surface area contributed by atoms with Crippen LogP contribution in [0.2, 0.25) is 0 Å². The van der Waals surface area contributed by atoms with Gasteiger partial charge in [-0.3, -0.25) is 9.67 Å². The molecule has 0 bridgehead atoms. The van der Waals surface area contributed by atoms with Gasteiger partial charge in [0.2, 0.25) is 5.88 Å². The van der Waals surface area contributed by atoms with E-state index in [1.807, 2.05) is 19.2 Å². The Morgan fingerprint density at radius 2 is 2.03 bits per heavy atom. The smallest absolute Gasteiger partial charge is 0.213 e. The van der Waals surface area contributed by atoms with Crippen LogP contribution in [0.15, 0.2) is 29.4 Å². The highest BCUT2D eigenvalue weighted by Gasteiger charge is 2.15. The maximum absolute atomic E-state index is 5.99. The van der Waals surface area contributed by atoms with Gasteiger partial charge in [0.15, 0.2) is 5.96 Å². The van der Waals surface area contributed by atoms with Gasteiger partial charge in [-0.15, -0.1) is 0 Å². The van der Waals surface area contributed by atoms with E-state index in [2.05, 4.69) is 49.4 Å². The summed E-state index contributed by atoms with van der Waals surface area (Å²) in [5, 5.41) is 11.2. The lowest BCUT2D eigenvalue weighted by Gasteiger charge is -2.22. The molecule has 0 atom stereocenters. The zero-order chi connectivity index (χ0) is 20.5. The minimum absolute atomic E-state index is 0.331. The fourth-order valence-corrected chi connectivity index (χ4v) is 3.68. The number of ether oxygens (including phenoxy) is 1. The summed E-state index contributed by atoms with van der Waals surface area (Å²) in [6, 6.07) is 6.14. The molecule has 1 saturated carbocycles. The molecular weight excluding hydrogens is 364 g/mol. The highest BCUT2D eigenvalue weighted by Crippen LogP contribution is 2.22. The number of pyridine rings is 1. The molecule has 0 spiro atoms. The third-order valence-corrected chi connectivity index (χ3v) is 5.26. The van der Waals surface area contributed by atoms with E-state index in [1.54, 1.807) is 7.05 Å². The third kappa shape index (κ3) is 6.76. The molecule has 29 heavy (non-hydrogen) atoms. The summed E-state index contributed by atoms with van der Waals surface area (Å²) < 4.78 is 8.05. The van der Waals surface area contributed by atoms with Crippen molar-refractivity contribution in [2.45, 2.75) is 71.6 Å². The van der Waals surface area contributed by atoms with E-state index in [9.17, 15) is 0 Å². The van der Waals surface area contributed by atoms with Crippen LogP contribution in [0.5, 0.6) is 5.88 Å². The molecule has 1 aliphatic carbocycles. The van der Waals surface area contributed by atoms with Crippen LogP contribution in [0.1, 0.15) is 55.5 Å². The van der Waals surface area contributed by atoms with E-state index < -0.39 is 0 Å². The molecule has 0 unspecified atom stereocenters. The van der Waals surface area contributed by atoms with Gasteiger partial charge < -0.3 is 15.4 Å². The zero-order valence-electron chi connectivity index (χ0n) is 17.9. The van der Waals surface area contributed by atoms with E-state index >= 15 is 0 Å². The van der Waals surface area contributed by atoms with Crippen LogP contribution >= 0.6 is 0 Å². The SMILES string of the molecule is CN=C(NCCCn1nc(C)cc1C)NCc1ccc(OC2CCCCC2)nc1. The first-order valence-corrected chi connectivity index (χ1v) is 10.7. The molecule has 1 fully saturated rings. The van der Waals surface area contributed by atoms with Crippen molar-refractivity contribution in [1.29, 1.82) is 0 Å². The molecule has 7 heteroatoms. The summed E-state index contributed by atoms with van der Waals surface area (Å²) in [5.41, 5.74) is 3.37. The van der Waals surface area contributed by atoms with Gasteiger partial charge in [0.05, 0.1) is 5.69 Å². The summed E-state index contributed by atoms with van der Waals surface area (Å²) in [6.07, 6.45) is 9.34. The maximum atomic E-state index is 5.99. The predicted molar refractivity (Wildman–Crippen MR) is 116 cm³/mol. The second-order valence-corrected chi connectivity index (χ2v) is 7.74. The molecule has 0 aliphatic heterocycles. The van der Waals surface area contributed by atoms with Crippen LogP contribution in [-0.4, -0.2) is 40.4 Å². The summed E-state index contributed by atoms with van der Waals surface area (Å²) in [6.45, 7) is 6.53. The van der Waals surface area contributed by atoms with Gasteiger partial charge in [-0.1, -0.05) is 12.5 Å². The number of guanidine groups is 1. The topological polar surface area (TPSA) is 76.4 Å². The van der Waals surface area contributed by atoms with Gasteiger partial charge in [0.25, 0.3) is 0 Å². The number of aryl methyl sites for hydroxylation is 3. The average Bonchev–Trinajstić information content (AvgIpc) is 3.06. The van der Waals surface area contributed by atoms with E-state index in [0.29, 0.717) is 12.6 Å². The first-order valence-electron chi connectivity index (χ1n) is 10.7. The minimum atomic E-state index is 0.331. The quantitative estimate of drug-likeness (QED) is 0.405. The Morgan fingerprint density at radius 1 is 1.21 bits per heavy atom. The number of nitrogens with one attached hydrogen (secondary N) is 2. The average molecular weight is 399 g/mol. The van der Waals surface area contributed by atoms with Gasteiger partial charge >= 0.3 is 0 Å². The number of nitrogens with zero attached hydrogens (tertiary/aromatic N) is 4. The lowest BCUT2D eigenvalue weighted by molar-refractivity contribution is 0.148. The molecule has 158 valence electrons. The fraction of sp³-hybridized carbons (Fsp3) is 0.591. The normalized spacial score (nSPS) is 15.3. The summed E-state index contributed by atoms with van der Waals surface area (Å²) in [7, 11) is 1.79. The first-order chi connectivity index (χ1) is 14.1. The van der Waals surface area contributed by atoms with E-state index in [4.69, 9.17) is 4.74 Å². The van der Waals surface area contributed by atoms with E-state index in [-0.39, 0.29) is 0 Å². The number of hydrogen-bond acceptors (Lipinski definition) is 4. The van der Waals surface area contributed by atoms with Crippen LogP contribution in [-0.2, 0) is 13.1 Å². The molecular formula is C22H34N6O. The zero-order valence-corrected chi connectivity index (χ0v) is 17.9. The third-order valence-electron chi connectivity index (χ3n) is 5.26. The van der Waals surface area contributed by atoms with Crippen molar-refractivity contribution in [2.75, 3.05) is 13.6 Å². The van der Waals surface area contributed by atoms with Crippen LogP contribution in [0.3, 0.4) is 0 Å². The second kappa shape index (κ2) is 10.8. The molecule has 0 aromatic carbocycles. The molecule has 7 nitrogen and oxygen atoms in total. The summed E-state index contributed by atoms with van der Waals surface area (Å²) in [5.74, 6) is 1.52. The first kappa shape index (κ1) is 21.1. The molecule has 2 heterocycles. The van der Waals surface area contributed by atoms with Gasteiger partial charge in [-0.2, -0.15) is 5.10 Å². The number of hydrogen-bond donors (Lipinski definition) is 2. The molecule has 0 radical (unpaired) electrons. The van der Waals surface area contributed by atoms with Crippen LogP contribution < -0.4 is 15.4 Å². The Kier molecular flexibility index (Phi) is 7.90. The number of aromatic nitrogens is 3. The molecule has 1 aliphatic rings. The largest absolute Gasteiger partial charge is 0.474 e. The fourth-order valence-electron chi connectivity index (χ4n) is 3.68. The van der Waals surface area contributed by atoms with Crippen LogP contribution in [0.4, 0.5) is 0 Å². The van der Waals surface area contributed by atoms with Crippen LogP contribution in [0, 0.1) is 13.8 Å². The Hall–Kier alpha value is -2.57. The lowest BCUT2D eigenvalue weighted by Crippen LogP contribution is -2.37. The number of rotatable bonds is 8. The Bertz CT molecular complexity index is 777. The highest BCUT2D eigenvalue weighted by atomic mass is 16.5. The van der Waals surface area contributed by atoms with Crippen molar-refractivity contribution in [3.8, 4) is 5.88 Å². The van der Waals surface area contributed by atoms with Crippen molar-refractivity contribution in [3.05, 3.63) is 41.3 Å². The monoisotopic (exact) mass is 398 g/mol. The molecule has 2 aromatic rings. The highest BCUT2D eigenvalue weighted by molar-refractivity contribution is 5.79. The van der Waals surface area contributed by atoms with Crippen molar-refractivity contribution >= 4 is 5.96 Å². The second-order valence-electron chi connectivity index (χ2n) is 7.74. The molecule has 2 N–H and O–H groups in total. The van der Waals surface area contributed by atoms with Gasteiger partial charge in [0.1, 0.15) is 6.10 Å². The maximum Gasteiger partial charge on any atom is 0.213 e. The van der Waals surface area contributed by atoms with Gasteiger partial charge in [-0.25, -0.2) is 4.98 Å². The molecule has 3 rings (SSSR count). The van der Waals surface area contributed by atoms with Crippen molar-refractivity contribution < 1.29 is 4.74 Å². The van der Waals surface area contributed by atoms with Gasteiger partial charge in [0, 0.05) is 44.6 Å². The Balaban J connectivity index is 1.36. The van der Waals surface area contributed by atoms with Gasteiger partial charge in [-0.05, 0) is 57.6 Å². The standard InChI is InChI=1S/C22H34N6O/c1-17-14-18(2)28(27-17)13-7-12-24-22(23-3)26-16-19-10-11-21(25-15-19)29-20-8-5-4-6-9-20/h10-11,14-15,20H,4-9,12-13,16H2,1-3H3,(H2,23,24,26). The molecule has 0 saturated heterocycles. The molecule has 2 aromatic heterocycles. The lowest BCUT2D eigenvalue weighted by atomic mass is 9.98. The minimum Gasteiger partial charge on any atom is -0.474 e. The summed E-state index contributed by atoms with van der Waals surface area (Å²) >= 11 is 0. The predicted octanol–water partition coefficient (Wildman–Crippen LogP) is 3.36. The van der Waals surface area contributed by atoms with Crippen molar-refractivity contribution in [3.63, 3.8) is 0 Å². The van der Waals surface area contributed by atoms with Crippen molar-refractivity contribution in [1.82, 2.24) is 25.4 Å². The van der Waals surface area contributed by atoms with E-state index in [1.165, 1.54) is 25.0 Å².